The Balaban J connectivity index is 1.56. The maximum atomic E-state index is 2.65. The Morgan fingerprint density at radius 1 is 0.905 bits per heavy atom. The smallest absolute Gasteiger partial charge is 0.0364 e. The molecule has 1 saturated heterocycles. The number of anilines is 1. The zero-order valence-corrected chi connectivity index (χ0v) is 13.6. The fourth-order valence-corrected chi connectivity index (χ4v) is 3.54. The molecule has 2 heterocycles. The van der Waals surface area contributed by atoms with Crippen LogP contribution in [0.4, 0.5) is 5.69 Å². The van der Waals surface area contributed by atoms with Crippen molar-refractivity contribution in [2.24, 2.45) is 0 Å². The fourth-order valence-electron chi connectivity index (χ4n) is 3.54. The maximum absolute atomic E-state index is 2.65. The lowest BCUT2D eigenvalue weighted by Gasteiger charge is -2.33. The number of hydrogen-bond acceptors (Lipinski definition) is 3. The molecule has 0 amide bonds. The van der Waals surface area contributed by atoms with E-state index < -0.39 is 0 Å². The van der Waals surface area contributed by atoms with Crippen LogP contribution in [-0.4, -0.2) is 56.6 Å². The van der Waals surface area contributed by atoms with Crippen molar-refractivity contribution in [1.29, 1.82) is 0 Å². The highest BCUT2D eigenvalue weighted by Crippen LogP contribution is 2.23. The van der Waals surface area contributed by atoms with Crippen LogP contribution in [0.1, 0.15) is 30.4 Å². The number of hydrogen-bond donors (Lipinski definition) is 0. The molecule has 116 valence electrons. The van der Waals surface area contributed by atoms with Gasteiger partial charge in [0.2, 0.25) is 0 Å². The van der Waals surface area contributed by atoms with Crippen LogP contribution >= 0.6 is 0 Å². The van der Waals surface area contributed by atoms with Crippen LogP contribution in [0.15, 0.2) is 18.2 Å². The van der Waals surface area contributed by atoms with Gasteiger partial charge in [0.1, 0.15) is 0 Å². The quantitative estimate of drug-likeness (QED) is 0.843. The molecule has 1 aromatic carbocycles. The van der Waals surface area contributed by atoms with Crippen LogP contribution in [0.3, 0.4) is 0 Å². The molecule has 21 heavy (non-hydrogen) atoms. The van der Waals surface area contributed by atoms with E-state index in [1.54, 1.807) is 5.56 Å². The van der Waals surface area contributed by atoms with E-state index in [9.17, 15) is 0 Å². The molecule has 3 heteroatoms. The molecule has 0 atom stereocenters. The highest BCUT2D eigenvalue weighted by Gasteiger charge is 2.18. The summed E-state index contributed by atoms with van der Waals surface area (Å²) in [7, 11) is 4.25. The van der Waals surface area contributed by atoms with Gasteiger partial charge in [-0.3, -0.25) is 4.90 Å². The summed E-state index contributed by atoms with van der Waals surface area (Å²) in [5.41, 5.74) is 4.41. The number of piperidine rings is 1. The molecule has 0 radical (unpaired) electrons. The summed E-state index contributed by atoms with van der Waals surface area (Å²) in [4.78, 5) is 7.48. The van der Waals surface area contributed by atoms with Gasteiger partial charge in [-0.2, -0.15) is 0 Å². The fraction of sp³-hybridized carbons (Fsp3) is 0.667. The number of nitrogens with zero attached hydrogens (tertiary/aromatic N) is 3. The van der Waals surface area contributed by atoms with Crippen molar-refractivity contribution in [3.63, 3.8) is 0 Å². The van der Waals surface area contributed by atoms with Gasteiger partial charge in [0, 0.05) is 46.0 Å². The van der Waals surface area contributed by atoms with Crippen LogP contribution in [-0.2, 0) is 13.0 Å². The summed E-state index contributed by atoms with van der Waals surface area (Å²) in [6, 6.07) is 6.96. The minimum atomic E-state index is 1.13. The van der Waals surface area contributed by atoms with Crippen LogP contribution in [0, 0.1) is 0 Å². The Morgan fingerprint density at radius 3 is 2.43 bits per heavy atom. The van der Waals surface area contributed by atoms with Gasteiger partial charge in [0.25, 0.3) is 0 Å². The van der Waals surface area contributed by atoms with Crippen molar-refractivity contribution < 1.29 is 0 Å². The molecule has 0 bridgehead atoms. The molecule has 1 aromatic rings. The molecule has 0 aromatic heterocycles. The lowest BCUT2D eigenvalue weighted by atomic mass is 9.99. The molecule has 0 aliphatic carbocycles. The molecule has 0 spiro atoms. The molecule has 2 aliphatic heterocycles. The monoisotopic (exact) mass is 287 g/mol. The molecule has 3 rings (SSSR count). The van der Waals surface area contributed by atoms with Gasteiger partial charge in [-0.25, -0.2) is 0 Å². The summed E-state index contributed by atoms with van der Waals surface area (Å²) >= 11 is 0. The van der Waals surface area contributed by atoms with Crippen LogP contribution < -0.4 is 4.90 Å². The van der Waals surface area contributed by atoms with Crippen LogP contribution in [0.2, 0.25) is 0 Å². The Hall–Kier alpha value is -1.06. The molecular formula is C18H29N3. The normalized spacial score (nSPS) is 20.3. The third-order valence-electron chi connectivity index (χ3n) is 4.98. The Morgan fingerprint density at radius 2 is 1.67 bits per heavy atom. The SMILES string of the molecule is CN(C)c1ccc2c(c1)CN(CCN1CCCCC1)CC2. The van der Waals surface area contributed by atoms with E-state index in [1.807, 2.05) is 0 Å². The van der Waals surface area contributed by atoms with Gasteiger partial charge in [0.05, 0.1) is 0 Å². The second-order valence-electron chi connectivity index (χ2n) is 6.78. The van der Waals surface area contributed by atoms with Gasteiger partial charge in [-0.1, -0.05) is 12.5 Å². The molecular weight excluding hydrogens is 258 g/mol. The number of rotatable bonds is 4. The van der Waals surface area contributed by atoms with Crippen molar-refractivity contribution in [2.45, 2.75) is 32.2 Å². The summed E-state index contributed by atoms with van der Waals surface area (Å²) in [6.45, 7) is 7.46. The van der Waals surface area contributed by atoms with Crippen molar-refractivity contribution in [3.8, 4) is 0 Å². The highest BCUT2D eigenvalue weighted by atomic mass is 15.2. The Bertz CT molecular complexity index is 464. The molecule has 3 nitrogen and oxygen atoms in total. The average molecular weight is 287 g/mol. The number of likely N-dealkylation sites (tertiary alicyclic amines) is 1. The van der Waals surface area contributed by atoms with Gasteiger partial charge >= 0.3 is 0 Å². The van der Waals surface area contributed by atoms with Crippen molar-refractivity contribution in [2.75, 3.05) is 51.7 Å². The van der Waals surface area contributed by atoms with Crippen molar-refractivity contribution in [1.82, 2.24) is 9.80 Å². The van der Waals surface area contributed by atoms with Crippen LogP contribution in [0.5, 0.6) is 0 Å². The van der Waals surface area contributed by atoms with E-state index in [-0.39, 0.29) is 0 Å². The third-order valence-corrected chi connectivity index (χ3v) is 4.98. The molecule has 2 aliphatic rings. The molecule has 1 fully saturated rings. The molecule has 0 saturated carbocycles. The Labute approximate surface area is 129 Å². The minimum Gasteiger partial charge on any atom is -0.378 e. The minimum absolute atomic E-state index is 1.13. The average Bonchev–Trinajstić information content (AvgIpc) is 2.53. The van der Waals surface area contributed by atoms with Gasteiger partial charge in [-0.15, -0.1) is 0 Å². The Kier molecular flexibility index (Phi) is 4.81. The maximum Gasteiger partial charge on any atom is 0.0364 e. The highest BCUT2D eigenvalue weighted by molar-refractivity contribution is 5.50. The van der Waals surface area contributed by atoms with E-state index >= 15 is 0 Å². The van der Waals surface area contributed by atoms with E-state index in [0.717, 1.165) is 6.54 Å². The largest absolute Gasteiger partial charge is 0.378 e. The summed E-state index contributed by atoms with van der Waals surface area (Å²) in [5, 5.41) is 0. The van der Waals surface area contributed by atoms with Gasteiger partial charge in [0.15, 0.2) is 0 Å². The second kappa shape index (κ2) is 6.80. The number of benzene rings is 1. The predicted octanol–water partition coefficient (Wildman–Crippen LogP) is 2.60. The van der Waals surface area contributed by atoms with Crippen molar-refractivity contribution in [3.05, 3.63) is 29.3 Å². The van der Waals surface area contributed by atoms with E-state index in [1.165, 1.54) is 69.7 Å². The summed E-state index contributed by atoms with van der Waals surface area (Å²) < 4.78 is 0. The zero-order valence-electron chi connectivity index (χ0n) is 13.6. The topological polar surface area (TPSA) is 9.72 Å². The number of fused-ring (bicyclic) bond motifs is 1. The lowest BCUT2D eigenvalue weighted by molar-refractivity contribution is 0.173. The molecule has 0 N–H and O–H groups in total. The second-order valence-corrected chi connectivity index (χ2v) is 6.78. The first-order chi connectivity index (χ1) is 10.2. The molecule has 0 unspecified atom stereocenters. The van der Waals surface area contributed by atoms with E-state index in [0.29, 0.717) is 0 Å². The first kappa shape index (κ1) is 14.9. The van der Waals surface area contributed by atoms with E-state index in [2.05, 4.69) is 47.0 Å². The lowest BCUT2D eigenvalue weighted by Crippen LogP contribution is -2.39. The van der Waals surface area contributed by atoms with Gasteiger partial charge < -0.3 is 9.80 Å². The predicted molar refractivity (Wildman–Crippen MR) is 90.0 cm³/mol. The summed E-state index contributed by atoms with van der Waals surface area (Å²) in [5.74, 6) is 0. The van der Waals surface area contributed by atoms with E-state index in [4.69, 9.17) is 0 Å². The van der Waals surface area contributed by atoms with Gasteiger partial charge in [-0.05, 0) is 55.6 Å². The standard InChI is InChI=1S/C18H29N3/c1-19(2)18-7-6-16-8-11-21(15-17(16)14-18)13-12-20-9-4-3-5-10-20/h6-7,14H,3-5,8-13,15H2,1-2H3. The van der Waals surface area contributed by atoms with Crippen molar-refractivity contribution >= 4 is 5.69 Å². The third kappa shape index (κ3) is 3.78. The first-order valence-electron chi connectivity index (χ1n) is 8.46. The first-order valence-corrected chi connectivity index (χ1v) is 8.46. The zero-order chi connectivity index (χ0) is 14.7. The van der Waals surface area contributed by atoms with Crippen LogP contribution in [0.25, 0.3) is 0 Å². The summed E-state index contributed by atoms with van der Waals surface area (Å²) in [6.07, 6.45) is 5.44.